The van der Waals surface area contributed by atoms with Gasteiger partial charge in [0.05, 0.1) is 45.7 Å². The van der Waals surface area contributed by atoms with Crippen LogP contribution in [0, 0.1) is 0 Å². The molecule has 0 aromatic heterocycles. The lowest BCUT2D eigenvalue weighted by Crippen LogP contribution is -2.15. The van der Waals surface area contributed by atoms with E-state index in [0.717, 1.165) is 5.56 Å². The molecule has 1 N–H and O–H groups in total. The molecule has 0 aliphatic heterocycles. The van der Waals surface area contributed by atoms with E-state index in [9.17, 15) is 4.79 Å². The number of methoxy groups -OCH3 is 3. The van der Waals surface area contributed by atoms with Crippen LogP contribution in [0.5, 0.6) is 23.0 Å². The molecule has 0 heterocycles. The maximum Gasteiger partial charge on any atom is 0.344 e. The van der Waals surface area contributed by atoms with Gasteiger partial charge in [-0.3, -0.25) is 0 Å². The van der Waals surface area contributed by atoms with Crippen LogP contribution in [0.4, 0.5) is 0 Å². The van der Waals surface area contributed by atoms with E-state index in [2.05, 4.69) is 10.5 Å². The quantitative estimate of drug-likeness (QED) is 0.328. The molecular weight excluding hydrogens is 412 g/mol. The minimum absolute atomic E-state index is 0.260. The molecule has 0 amide bonds. The largest absolute Gasteiger partial charge is 0.493 e. The van der Waals surface area contributed by atoms with Gasteiger partial charge < -0.3 is 29.1 Å². The third-order valence-corrected chi connectivity index (χ3v) is 4.21. The fraction of sp³-hybridized carbons (Fsp3) is 0.333. The lowest BCUT2D eigenvalue weighted by atomic mass is 10.2. The van der Waals surface area contributed by atoms with Gasteiger partial charge in [0.25, 0.3) is 0 Å². The van der Waals surface area contributed by atoms with Gasteiger partial charge in [-0.15, -0.1) is 0 Å². The summed E-state index contributed by atoms with van der Waals surface area (Å²) >= 11 is 6.28. The van der Waals surface area contributed by atoms with Crippen molar-refractivity contribution in [2.45, 2.75) is 13.5 Å². The summed E-state index contributed by atoms with van der Waals surface area (Å²) in [5.41, 5.74) is 4.63. The molecule has 0 saturated heterocycles. The number of carbonyl (C=O) groups is 1. The van der Waals surface area contributed by atoms with Crippen LogP contribution in [0.1, 0.15) is 18.1 Å². The number of hydrazone groups is 1. The van der Waals surface area contributed by atoms with Crippen LogP contribution >= 0.6 is 11.6 Å². The Kier molecular flexibility index (Phi) is 9.08. The van der Waals surface area contributed by atoms with Crippen molar-refractivity contribution in [3.8, 4) is 23.0 Å². The average molecular weight is 437 g/mol. The highest BCUT2D eigenvalue weighted by atomic mass is 35.5. The van der Waals surface area contributed by atoms with Gasteiger partial charge in [-0.05, 0) is 42.3 Å². The Morgan fingerprint density at radius 1 is 1.07 bits per heavy atom. The van der Waals surface area contributed by atoms with Crippen molar-refractivity contribution >= 4 is 23.8 Å². The third-order valence-electron chi connectivity index (χ3n) is 3.93. The predicted molar refractivity (Wildman–Crippen MR) is 114 cm³/mol. The summed E-state index contributed by atoms with van der Waals surface area (Å²) < 4.78 is 26.1. The Morgan fingerprint density at radius 2 is 1.80 bits per heavy atom. The average Bonchev–Trinajstić information content (AvgIpc) is 2.75. The molecule has 162 valence electrons. The molecule has 2 aromatic carbocycles. The number of halogens is 1. The Labute approximate surface area is 180 Å². The van der Waals surface area contributed by atoms with E-state index >= 15 is 0 Å². The molecule has 8 nitrogen and oxygen atoms in total. The van der Waals surface area contributed by atoms with Gasteiger partial charge in [-0.1, -0.05) is 17.7 Å². The first-order valence-corrected chi connectivity index (χ1v) is 9.52. The summed E-state index contributed by atoms with van der Waals surface area (Å²) in [5, 5.41) is 4.50. The number of nitrogens with zero attached hydrogens (tertiary/aromatic N) is 1. The van der Waals surface area contributed by atoms with Crippen molar-refractivity contribution in [1.29, 1.82) is 0 Å². The first-order valence-electron chi connectivity index (χ1n) is 9.15. The molecule has 2 rings (SSSR count). The number of carbonyl (C=O) groups excluding carboxylic acids is 1. The molecule has 0 radical (unpaired) electrons. The molecule has 0 aliphatic rings. The molecule has 0 unspecified atom stereocenters. The van der Waals surface area contributed by atoms with E-state index in [1.165, 1.54) is 7.11 Å². The SMILES string of the molecule is CCOC(=O)COc1c(Cl)cc(/C=N/NCc2ccc(OC)c(OC)c2)cc1OC. The minimum atomic E-state index is -0.486. The maximum atomic E-state index is 11.5. The second-order valence-corrected chi connectivity index (χ2v) is 6.32. The van der Waals surface area contributed by atoms with Gasteiger partial charge in [0.2, 0.25) is 0 Å². The minimum Gasteiger partial charge on any atom is -0.493 e. The van der Waals surface area contributed by atoms with Gasteiger partial charge in [-0.2, -0.15) is 5.10 Å². The fourth-order valence-electron chi connectivity index (χ4n) is 2.54. The first-order chi connectivity index (χ1) is 14.5. The molecule has 0 bridgehead atoms. The van der Waals surface area contributed by atoms with E-state index in [-0.39, 0.29) is 19.0 Å². The van der Waals surface area contributed by atoms with Crippen molar-refractivity contribution in [2.24, 2.45) is 5.10 Å². The number of rotatable bonds is 11. The van der Waals surface area contributed by atoms with Crippen LogP contribution in [0.25, 0.3) is 0 Å². The zero-order chi connectivity index (χ0) is 21.9. The number of nitrogens with one attached hydrogen (secondary N) is 1. The van der Waals surface area contributed by atoms with Gasteiger partial charge in [0.15, 0.2) is 29.6 Å². The molecule has 0 spiro atoms. The van der Waals surface area contributed by atoms with Gasteiger partial charge in [0, 0.05) is 0 Å². The normalized spacial score (nSPS) is 10.6. The van der Waals surface area contributed by atoms with Crippen LogP contribution in [0.2, 0.25) is 5.02 Å². The van der Waals surface area contributed by atoms with Gasteiger partial charge in [-0.25, -0.2) is 4.79 Å². The van der Waals surface area contributed by atoms with E-state index in [4.69, 9.17) is 35.3 Å². The third kappa shape index (κ3) is 6.45. The van der Waals surface area contributed by atoms with E-state index < -0.39 is 5.97 Å². The van der Waals surface area contributed by atoms with Crippen molar-refractivity contribution in [2.75, 3.05) is 34.5 Å². The fourth-order valence-corrected chi connectivity index (χ4v) is 2.81. The summed E-state index contributed by atoms with van der Waals surface area (Å²) in [6, 6.07) is 8.98. The zero-order valence-corrected chi connectivity index (χ0v) is 18.1. The van der Waals surface area contributed by atoms with Gasteiger partial charge >= 0.3 is 5.97 Å². The number of esters is 1. The van der Waals surface area contributed by atoms with E-state index in [1.54, 1.807) is 39.5 Å². The van der Waals surface area contributed by atoms with Gasteiger partial charge in [0.1, 0.15) is 0 Å². The molecule has 0 atom stereocenters. The molecule has 9 heteroatoms. The zero-order valence-electron chi connectivity index (χ0n) is 17.4. The van der Waals surface area contributed by atoms with E-state index in [1.807, 2.05) is 18.2 Å². The predicted octanol–water partition coefficient (Wildman–Crippen LogP) is 3.43. The van der Waals surface area contributed by atoms with Crippen molar-refractivity contribution in [3.05, 3.63) is 46.5 Å². The standard InChI is InChI=1S/C21H25ClN2O6/c1-5-29-20(25)13-30-21-16(22)8-15(10-19(21)28-4)12-24-23-11-14-6-7-17(26-2)18(9-14)27-3/h6-10,12,23H,5,11,13H2,1-4H3/b24-12+. The summed E-state index contributed by atoms with van der Waals surface area (Å²) in [5.74, 6) is 1.48. The highest BCUT2D eigenvalue weighted by molar-refractivity contribution is 6.32. The van der Waals surface area contributed by atoms with Crippen molar-refractivity contribution in [3.63, 3.8) is 0 Å². The number of ether oxygens (including phenoxy) is 5. The number of hydrogen-bond acceptors (Lipinski definition) is 8. The van der Waals surface area contributed by atoms with Crippen LogP contribution in [0.15, 0.2) is 35.4 Å². The van der Waals surface area contributed by atoms with Crippen LogP contribution < -0.4 is 24.4 Å². The molecular formula is C21H25ClN2O6. The maximum absolute atomic E-state index is 11.5. The Balaban J connectivity index is 2.01. The van der Waals surface area contributed by atoms with E-state index in [0.29, 0.717) is 34.4 Å². The first kappa shape index (κ1) is 23.2. The molecule has 0 aliphatic carbocycles. The summed E-state index contributed by atoms with van der Waals surface area (Å²) in [7, 11) is 4.66. The van der Waals surface area contributed by atoms with Crippen LogP contribution in [-0.4, -0.2) is 46.7 Å². The monoisotopic (exact) mass is 436 g/mol. The lowest BCUT2D eigenvalue weighted by Gasteiger charge is -2.12. The smallest absolute Gasteiger partial charge is 0.344 e. The van der Waals surface area contributed by atoms with Crippen LogP contribution in [0.3, 0.4) is 0 Å². The molecule has 30 heavy (non-hydrogen) atoms. The van der Waals surface area contributed by atoms with Crippen molar-refractivity contribution in [1.82, 2.24) is 5.43 Å². The number of hydrogen-bond donors (Lipinski definition) is 1. The van der Waals surface area contributed by atoms with Crippen LogP contribution in [-0.2, 0) is 16.1 Å². The lowest BCUT2D eigenvalue weighted by molar-refractivity contribution is -0.145. The summed E-state index contributed by atoms with van der Waals surface area (Å²) in [6.45, 7) is 2.23. The topological polar surface area (TPSA) is 87.6 Å². The Bertz CT molecular complexity index is 888. The van der Waals surface area contributed by atoms with Crippen molar-refractivity contribution < 1.29 is 28.5 Å². The second kappa shape index (κ2) is 11.8. The summed E-state index contributed by atoms with van der Waals surface area (Å²) in [4.78, 5) is 11.5. The number of benzene rings is 2. The molecule has 2 aromatic rings. The Morgan fingerprint density at radius 3 is 2.47 bits per heavy atom. The summed E-state index contributed by atoms with van der Waals surface area (Å²) in [6.07, 6.45) is 1.60. The highest BCUT2D eigenvalue weighted by Gasteiger charge is 2.14. The second-order valence-electron chi connectivity index (χ2n) is 5.91. The highest BCUT2D eigenvalue weighted by Crippen LogP contribution is 2.36. The Hall–Kier alpha value is -3.13. The molecule has 0 fully saturated rings. The molecule has 0 saturated carbocycles.